The second kappa shape index (κ2) is 7.84. The maximum atomic E-state index is 14.5. The number of hydrogen-bond acceptors (Lipinski definition) is 6. The van der Waals surface area contributed by atoms with Crippen LogP contribution >= 0.6 is 11.6 Å². The third kappa shape index (κ3) is 3.51. The van der Waals surface area contributed by atoms with Crippen molar-refractivity contribution in [1.29, 1.82) is 0 Å². The van der Waals surface area contributed by atoms with Gasteiger partial charge in [-0.15, -0.1) is 0 Å². The normalized spacial score (nSPS) is 21.2. The summed E-state index contributed by atoms with van der Waals surface area (Å²) in [7, 11) is -2.89. The molecule has 5 rings (SSSR count). The van der Waals surface area contributed by atoms with E-state index in [0.717, 1.165) is 0 Å². The van der Waals surface area contributed by atoms with Crippen molar-refractivity contribution >= 4 is 33.6 Å². The number of amides is 1. The minimum atomic E-state index is -4.37. The van der Waals surface area contributed by atoms with E-state index in [4.69, 9.17) is 17.3 Å². The van der Waals surface area contributed by atoms with Crippen LogP contribution in [0.15, 0.2) is 65.8 Å². The van der Waals surface area contributed by atoms with Crippen LogP contribution in [0.4, 0.5) is 4.39 Å². The van der Waals surface area contributed by atoms with Crippen LogP contribution in [0, 0.1) is 5.95 Å². The zero-order valence-electron chi connectivity index (χ0n) is 18.4. The third-order valence-corrected chi connectivity index (χ3v) is 8.48. The van der Waals surface area contributed by atoms with E-state index >= 15 is 0 Å². The molecule has 1 aromatic heterocycles. The van der Waals surface area contributed by atoms with Crippen molar-refractivity contribution in [2.45, 2.75) is 23.1 Å². The highest BCUT2D eigenvalue weighted by atomic mass is 35.5. The van der Waals surface area contributed by atoms with Gasteiger partial charge in [0.15, 0.2) is 11.5 Å². The number of aromatic nitrogens is 1. The molecule has 2 aromatic carbocycles. The number of nitrogens with zero attached hydrogens (tertiary/aromatic N) is 3. The monoisotopic (exact) mass is 514 g/mol. The van der Waals surface area contributed by atoms with Gasteiger partial charge in [0.2, 0.25) is 5.95 Å². The summed E-state index contributed by atoms with van der Waals surface area (Å²) < 4.78 is 47.2. The molecule has 0 bridgehead atoms. The predicted octanol–water partition coefficient (Wildman–Crippen LogP) is 3.45. The van der Waals surface area contributed by atoms with E-state index in [2.05, 4.69) is 9.98 Å². The van der Waals surface area contributed by atoms with Gasteiger partial charge in [0.05, 0.1) is 5.02 Å². The number of carbonyl (C=O) groups excluding carboxylic acids is 1. The van der Waals surface area contributed by atoms with Crippen molar-refractivity contribution in [2.24, 2.45) is 10.7 Å². The lowest BCUT2D eigenvalue weighted by atomic mass is 9.81. The third-order valence-electron chi connectivity index (χ3n) is 6.64. The number of aliphatic imine (C=N–C) groups is 1. The minimum Gasteiger partial charge on any atom is -0.369 e. The van der Waals surface area contributed by atoms with Crippen LogP contribution in [-0.4, -0.2) is 41.8 Å². The molecular weight excluding hydrogens is 495 g/mol. The number of benzene rings is 2. The molecule has 1 fully saturated rings. The lowest BCUT2D eigenvalue weighted by Crippen LogP contribution is -2.41. The number of nitrogens with two attached hydrogens (primary N) is 1. The van der Waals surface area contributed by atoms with Crippen molar-refractivity contribution in [3.8, 4) is 11.1 Å². The van der Waals surface area contributed by atoms with Gasteiger partial charge in [-0.3, -0.25) is 14.2 Å². The highest BCUT2D eigenvalue weighted by Crippen LogP contribution is 2.53. The molecule has 0 spiro atoms. The van der Waals surface area contributed by atoms with Crippen molar-refractivity contribution in [1.82, 2.24) is 9.88 Å². The number of guanidine groups is 1. The Morgan fingerprint density at radius 1 is 1.09 bits per heavy atom. The first-order valence-corrected chi connectivity index (χ1v) is 12.4. The zero-order chi connectivity index (χ0) is 25.2. The van der Waals surface area contributed by atoms with Gasteiger partial charge in [-0.1, -0.05) is 54.1 Å². The summed E-state index contributed by atoms with van der Waals surface area (Å²) in [5.41, 5.74) is 6.07. The Labute approximate surface area is 206 Å². The fourth-order valence-electron chi connectivity index (χ4n) is 4.56. The molecule has 1 atom stereocenters. The Hall–Kier alpha value is -3.34. The van der Waals surface area contributed by atoms with Crippen LogP contribution in [0.1, 0.15) is 29.5 Å². The molecule has 1 aliphatic heterocycles. The fourth-order valence-corrected chi connectivity index (χ4v) is 5.76. The summed E-state index contributed by atoms with van der Waals surface area (Å²) in [6.45, 7) is 0. The van der Waals surface area contributed by atoms with E-state index in [9.17, 15) is 22.2 Å². The first-order valence-electron chi connectivity index (χ1n) is 10.6. The van der Waals surface area contributed by atoms with Gasteiger partial charge in [-0.05, 0) is 47.2 Å². The topological polar surface area (TPSA) is 126 Å². The van der Waals surface area contributed by atoms with Crippen molar-refractivity contribution in [3.63, 3.8) is 0 Å². The fraction of sp³-hybridized carbons (Fsp3) is 0.208. The lowest BCUT2D eigenvalue weighted by molar-refractivity contribution is -0.129. The summed E-state index contributed by atoms with van der Waals surface area (Å²) in [4.78, 5) is 23.0. The standard InChI is InChI=1S/C24H20ClFN4O4S/c1-30-21(31)24(29-22(30)27,17-7-3-5-15(11-17)23(8-9-23)35(32,33)34)16-6-2-4-14(10-16)19-12-18(25)13-28-20(19)26/h2-7,10-13H,8-9H2,1H3,(H2,27,29)(H,32,33,34). The molecule has 35 heavy (non-hydrogen) atoms. The smallest absolute Gasteiger partial charge is 0.274 e. The lowest BCUT2D eigenvalue weighted by Gasteiger charge is -2.27. The summed E-state index contributed by atoms with van der Waals surface area (Å²) in [5.74, 6) is -1.23. The van der Waals surface area contributed by atoms with E-state index in [1.54, 1.807) is 48.5 Å². The number of halogens is 2. The Bertz CT molecular complexity index is 1520. The van der Waals surface area contributed by atoms with Crippen molar-refractivity contribution in [2.75, 3.05) is 7.05 Å². The second-order valence-electron chi connectivity index (χ2n) is 8.67. The first kappa shape index (κ1) is 23.4. The first-order chi connectivity index (χ1) is 16.5. The van der Waals surface area contributed by atoms with E-state index < -0.39 is 32.3 Å². The van der Waals surface area contributed by atoms with Gasteiger partial charge >= 0.3 is 0 Å². The molecule has 0 saturated heterocycles. The Morgan fingerprint density at radius 2 is 1.71 bits per heavy atom. The molecule has 1 saturated carbocycles. The molecule has 3 N–H and O–H groups in total. The molecule has 1 amide bonds. The molecule has 8 nitrogen and oxygen atoms in total. The molecule has 2 heterocycles. The highest BCUT2D eigenvalue weighted by Gasteiger charge is 2.56. The largest absolute Gasteiger partial charge is 0.369 e. The van der Waals surface area contributed by atoms with Gasteiger partial charge in [0, 0.05) is 18.8 Å². The minimum absolute atomic E-state index is 0.0303. The van der Waals surface area contributed by atoms with Crippen molar-refractivity contribution < 1.29 is 22.2 Å². The zero-order valence-corrected chi connectivity index (χ0v) is 20.0. The van der Waals surface area contributed by atoms with Crippen LogP contribution in [0.25, 0.3) is 11.1 Å². The second-order valence-corrected chi connectivity index (χ2v) is 10.8. The molecule has 1 unspecified atom stereocenters. The number of hydrogen-bond donors (Lipinski definition) is 2. The average molecular weight is 515 g/mol. The van der Waals surface area contributed by atoms with E-state index in [-0.39, 0.29) is 29.4 Å². The van der Waals surface area contributed by atoms with Crippen LogP contribution in [0.5, 0.6) is 0 Å². The Kier molecular flexibility index (Phi) is 5.24. The van der Waals surface area contributed by atoms with Crippen LogP contribution in [0.2, 0.25) is 5.02 Å². The van der Waals surface area contributed by atoms with Crippen LogP contribution in [-0.2, 0) is 25.2 Å². The Balaban J connectivity index is 1.73. The van der Waals surface area contributed by atoms with Crippen molar-refractivity contribution in [3.05, 3.63) is 88.5 Å². The molecular formula is C24H20ClFN4O4S. The quantitative estimate of drug-likeness (QED) is 0.397. The van der Waals surface area contributed by atoms with E-state index in [1.807, 2.05) is 0 Å². The summed E-state index contributed by atoms with van der Waals surface area (Å²) in [6, 6.07) is 14.4. The van der Waals surface area contributed by atoms with Gasteiger partial charge in [0.25, 0.3) is 16.0 Å². The number of carbonyl (C=O) groups is 1. The Morgan fingerprint density at radius 3 is 2.31 bits per heavy atom. The maximum Gasteiger partial charge on any atom is 0.274 e. The van der Waals surface area contributed by atoms with Gasteiger partial charge in [0.1, 0.15) is 4.75 Å². The SMILES string of the molecule is CN1C(=O)C(c2cccc(-c3cc(Cl)cnc3F)c2)(c2cccc(C3(S(=O)(=O)O)CC3)c2)N=C1N. The summed E-state index contributed by atoms with van der Waals surface area (Å²) in [6.07, 6.45) is 1.72. The van der Waals surface area contributed by atoms with Crippen LogP contribution in [0.3, 0.4) is 0 Å². The van der Waals surface area contributed by atoms with Crippen LogP contribution < -0.4 is 5.73 Å². The molecule has 2 aliphatic rings. The molecule has 0 radical (unpaired) electrons. The van der Waals surface area contributed by atoms with E-state index in [1.165, 1.54) is 24.2 Å². The highest BCUT2D eigenvalue weighted by molar-refractivity contribution is 7.87. The summed E-state index contributed by atoms with van der Waals surface area (Å²) in [5, 5.41) is 0.244. The van der Waals surface area contributed by atoms with Gasteiger partial charge < -0.3 is 5.73 Å². The molecule has 11 heteroatoms. The van der Waals surface area contributed by atoms with Gasteiger partial charge in [-0.2, -0.15) is 12.8 Å². The number of likely N-dealkylation sites (N-methyl/N-ethyl adjacent to an activating group) is 1. The number of rotatable bonds is 5. The molecule has 180 valence electrons. The predicted molar refractivity (Wildman–Crippen MR) is 129 cm³/mol. The average Bonchev–Trinajstić information content (AvgIpc) is 3.62. The van der Waals surface area contributed by atoms with Gasteiger partial charge in [-0.25, -0.2) is 9.98 Å². The maximum absolute atomic E-state index is 14.5. The molecule has 1 aliphatic carbocycles. The number of pyridine rings is 1. The summed E-state index contributed by atoms with van der Waals surface area (Å²) >= 11 is 6.02. The van der Waals surface area contributed by atoms with E-state index in [0.29, 0.717) is 22.3 Å². The molecule has 3 aromatic rings.